The predicted molar refractivity (Wildman–Crippen MR) is 114 cm³/mol. The van der Waals surface area contributed by atoms with E-state index in [1.165, 1.54) is 44.1 Å². The fourth-order valence-electron chi connectivity index (χ4n) is 6.64. The first-order chi connectivity index (χ1) is 14.1. The van der Waals surface area contributed by atoms with E-state index in [1.54, 1.807) is 26.4 Å². The Kier molecular flexibility index (Phi) is 4.53. The molecule has 1 N–H and O–H groups in total. The van der Waals surface area contributed by atoms with Crippen molar-refractivity contribution in [2.45, 2.75) is 43.9 Å². The van der Waals surface area contributed by atoms with Gasteiger partial charge in [0.25, 0.3) is 5.91 Å². The first-order valence-corrected chi connectivity index (χ1v) is 10.7. The minimum absolute atomic E-state index is 0.221. The van der Waals surface area contributed by atoms with Crippen molar-refractivity contribution in [2.24, 2.45) is 17.8 Å². The van der Waals surface area contributed by atoms with Crippen LogP contribution in [0.15, 0.2) is 42.5 Å². The highest BCUT2D eigenvalue weighted by Crippen LogP contribution is 2.60. The predicted octanol–water partition coefficient (Wildman–Crippen LogP) is 5.42. The summed E-state index contributed by atoms with van der Waals surface area (Å²) in [7, 11) is 3.12. The fourth-order valence-corrected chi connectivity index (χ4v) is 6.64. The highest BCUT2D eigenvalue weighted by molar-refractivity contribution is 6.08. The monoisotopic (exact) mass is 391 g/mol. The normalized spacial score (nSPS) is 29.5. The Morgan fingerprint density at radius 2 is 1.38 bits per heavy atom. The number of rotatable bonds is 5. The molecule has 0 aromatic heterocycles. The lowest BCUT2D eigenvalue weighted by atomic mass is 9.48. The fraction of sp³-hybridized carbons (Fsp3) is 0.480. The smallest absolute Gasteiger partial charge is 0.263 e. The van der Waals surface area contributed by atoms with Gasteiger partial charge in [-0.2, -0.15) is 0 Å². The Morgan fingerprint density at radius 1 is 0.862 bits per heavy atom. The zero-order chi connectivity index (χ0) is 20.0. The van der Waals surface area contributed by atoms with E-state index >= 15 is 0 Å². The van der Waals surface area contributed by atoms with Gasteiger partial charge in [-0.1, -0.05) is 18.2 Å². The van der Waals surface area contributed by atoms with Crippen LogP contribution in [0.4, 0.5) is 5.69 Å². The zero-order valence-electron chi connectivity index (χ0n) is 17.2. The number of nitrogens with one attached hydrogen (secondary N) is 1. The third-order valence-corrected chi connectivity index (χ3v) is 7.45. The summed E-state index contributed by atoms with van der Waals surface area (Å²) in [4.78, 5) is 12.9. The molecule has 2 aromatic carbocycles. The van der Waals surface area contributed by atoms with Crippen LogP contribution in [0.25, 0.3) is 0 Å². The molecule has 29 heavy (non-hydrogen) atoms. The molecule has 2 aromatic rings. The molecule has 0 saturated heterocycles. The van der Waals surface area contributed by atoms with Gasteiger partial charge < -0.3 is 14.8 Å². The zero-order valence-corrected chi connectivity index (χ0v) is 17.2. The first kappa shape index (κ1) is 18.5. The average Bonchev–Trinajstić information content (AvgIpc) is 2.72. The molecular weight excluding hydrogens is 362 g/mol. The first-order valence-electron chi connectivity index (χ1n) is 10.7. The second-order valence-electron chi connectivity index (χ2n) is 9.27. The quantitative estimate of drug-likeness (QED) is 0.740. The number of ether oxygens (including phenoxy) is 2. The van der Waals surface area contributed by atoms with Gasteiger partial charge in [0.2, 0.25) is 0 Å². The molecule has 152 valence electrons. The minimum Gasteiger partial charge on any atom is -0.496 e. The summed E-state index contributed by atoms with van der Waals surface area (Å²) in [5.74, 6) is 3.58. The molecule has 0 radical (unpaired) electrons. The van der Waals surface area contributed by atoms with Gasteiger partial charge in [0.15, 0.2) is 0 Å². The third-order valence-electron chi connectivity index (χ3n) is 7.45. The second kappa shape index (κ2) is 7.08. The SMILES string of the molecule is COc1cccc(OC)c1C(=O)Nc1ccc(C23CC4CC(CC(C4)C2)C3)cc1. The summed E-state index contributed by atoms with van der Waals surface area (Å²) < 4.78 is 10.7. The minimum atomic E-state index is -0.221. The highest BCUT2D eigenvalue weighted by Gasteiger charge is 2.51. The number of benzene rings is 2. The standard InChI is InChI=1S/C25H29NO3/c1-28-21-4-3-5-22(29-2)23(21)24(27)26-20-8-6-19(7-9-20)25-13-16-10-17(14-25)12-18(11-16)15-25/h3-9,16-18H,10-15H2,1-2H3,(H,26,27). The number of amides is 1. The van der Waals surface area contributed by atoms with Gasteiger partial charge >= 0.3 is 0 Å². The van der Waals surface area contributed by atoms with E-state index in [4.69, 9.17) is 9.47 Å². The third kappa shape index (κ3) is 3.19. The van der Waals surface area contributed by atoms with Crippen molar-refractivity contribution in [1.82, 2.24) is 0 Å². The summed E-state index contributed by atoms with van der Waals surface area (Å²) in [5, 5.41) is 3.01. The summed E-state index contributed by atoms with van der Waals surface area (Å²) in [6.45, 7) is 0. The van der Waals surface area contributed by atoms with E-state index in [0.29, 0.717) is 22.5 Å². The molecule has 0 atom stereocenters. The van der Waals surface area contributed by atoms with E-state index in [9.17, 15) is 4.79 Å². The van der Waals surface area contributed by atoms with Crippen molar-refractivity contribution < 1.29 is 14.3 Å². The maximum absolute atomic E-state index is 12.9. The molecule has 4 saturated carbocycles. The van der Waals surface area contributed by atoms with E-state index in [0.717, 1.165) is 23.4 Å². The second-order valence-corrected chi connectivity index (χ2v) is 9.27. The molecule has 4 bridgehead atoms. The molecule has 4 fully saturated rings. The molecule has 4 aliphatic carbocycles. The number of carbonyl (C=O) groups is 1. The average molecular weight is 392 g/mol. The lowest BCUT2D eigenvalue weighted by molar-refractivity contribution is -0.00518. The molecule has 4 aliphatic rings. The van der Waals surface area contributed by atoms with E-state index in [-0.39, 0.29) is 5.91 Å². The van der Waals surface area contributed by atoms with Gasteiger partial charge in [-0.25, -0.2) is 0 Å². The van der Waals surface area contributed by atoms with Crippen LogP contribution in [0.1, 0.15) is 54.4 Å². The number of hydrogen-bond acceptors (Lipinski definition) is 3. The van der Waals surface area contributed by atoms with Crippen LogP contribution in [0.3, 0.4) is 0 Å². The van der Waals surface area contributed by atoms with Crippen LogP contribution in [0, 0.1) is 17.8 Å². The Bertz CT molecular complexity index is 861. The number of hydrogen-bond donors (Lipinski definition) is 1. The van der Waals surface area contributed by atoms with Gasteiger partial charge in [-0.05, 0) is 91.5 Å². The van der Waals surface area contributed by atoms with E-state index < -0.39 is 0 Å². The van der Waals surface area contributed by atoms with Crippen LogP contribution in [-0.2, 0) is 5.41 Å². The maximum atomic E-state index is 12.9. The molecule has 0 spiro atoms. The number of methoxy groups -OCH3 is 2. The van der Waals surface area contributed by atoms with E-state index in [1.807, 2.05) is 18.2 Å². The highest BCUT2D eigenvalue weighted by atomic mass is 16.5. The van der Waals surface area contributed by atoms with Crippen molar-refractivity contribution >= 4 is 11.6 Å². The van der Waals surface area contributed by atoms with Gasteiger partial charge in [0, 0.05) is 5.69 Å². The van der Waals surface area contributed by atoms with Crippen LogP contribution >= 0.6 is 0 Å². The molecular formula is C25H29NO3. The molecule has 4 nitrogen and oxygen atoms in total. The summed E-state index contributed by atoms with van der Waals surface area (Å²) in [6, 6.07) is 13.9. The van der Waals surface area contributed by atoms with Crippen molar-refractivity contribution in [3.8, 4) is 11.5 Å². The van der Waals surface area contributed by atoms with Crippen molar-refractivity contribution in [3.63, 3.8) is 0 Å². The summed E-state index contributed by atoms with van der Waals surface area (Å²) in [5.41, 5.74) is 3.06. The Morgan fingerprint density at radius 3 is 1.86 bits per heavy atom. The van der Waals surface area contributed by atoms with Crippen molar-refractivity contribution in [1.29, 1.82) is 0 Å². The topological polar surface area (TPSA) is 47.6 Å². The van der Waals surface area contributed by atoms with Gasteiger partial charge in [0.05, 0.1) is 14.2 Å². The molecule has 4 heteroatoms. The van der Waals surface area contributed by atoms with Crippen molar-refractivity contribution in [2.75, 3.05) is 19.5 Å². The Balaban J connectivity index is 1.36. The lowest BCUT2D eigenvalue weighted by Gasteiger charge is -2.57. The summed E-state index contributed by atoms with van der Waals surface area (Å²) in [6.07, 6.45) is 8.41. The van der Waals surface area contributed by atoms with E-state index in [2.05, 4.69) is 17.4 Å². The number of carbonyl (C=O) groups excluding carboxylic acids is 1. The van der Waals surface area contributed by atoms with Crippen LogP contribution in [0.5, 0.6) is 11.5 Å². The maximum Gasteiger partial charge on any atom is 0.263 e. The molecule has 0 aliphatic heterocycles. The van der Waals surface area contributed by atoms with Gasteiger partial charge in [0.1, 0.15) is 17.1 Å². The van der Waals surface area contributed by atoms with Crippen molar-refractivity contribution in [3.05, 3.63) is 53.6 Å². The summed E-state index contributed by atoms with van der Waals surface area (Å²) >= 11 is 0. The molecule has 0 unspecified atom stereocenters. The largest absolute Gasteiger partial charge is 0.496 e. The van der Waals surface area contributed by atoms with Gasteiger partial charge in [-0.15, -0.1) is 0 Å². The Labute approximate surface area is 172 Å². The lowest BCUT2D eigenvalue weighted by Crippen LogP contribution is -2.48. The van der Waals surface area contributed by atoms with Crippen LogP contribution in [-0.4, -0.2) is 20.1 Å². The van der Waals surface area contributed by atoms with Gasteiger partial charge in [-0.3, -0.25) is 4.79 Å². The molecule has 6 rings (SSSR count). The molecule has 0 heterocycles. The van der Waals surface area contributed by atoms with Crippen LogP contribution < -0.4 is 14.8 Å². The number of anilines is 1. The van der Waals surface area contributed by atoms with Crippen LogP contribution in [0.2, 0.25) is 0 Å². The molecule has 1 amide bonds. The Hall–Kier alpha value is -2.49.